The number of anilines is 3. The number of aromatic nitrogens is 3. The molecule has 2 aromatic rings. The molecule has 4 fully saturated rings. The first-order valence-electron chi connectivity index (χ1n) is 13.3. The third kappa shape index (κ3) is 3.10. The van der Waals surface area contributed by atoms with Crippen LogP contribution in [0.25, 0.3) is 0 Å². The van der Waals surface area contributed by atoms with Crippen molar-refractivity contribution in [2.24, 2.45) is 0 Å². The van der Waals surface area contributed by atoms with Gasteiger partial charge in [0, 0.05) is 62.5 Å². The maximum atomic E-state index is 13.6. The van der Waals surface area contributed by atoms with Crippen LogP contribution in [-0.4, -0.2) is 81.5 Å². The first kappa shape index (κ1) is 22.0. The SMILES string of the molecule is CC1CN(c2ncnc3c2C2(CCC2)CN3c2cc(C#N)ccn2)CCN1C(=O)C1(N2CCC2)CC1. The Morgan fingerprint density at radius 3 is 2.50 bits per heavy atom. The lowest BCUT2D eigenvalue weighted by molar-refractivity contribution is -0.143. The standard InChI is InChI=1S/C27H32N8O/c1-19-16-32(12-13-34(19)25(36)27(7-8-27)33-10-3-11-33)23-22-24(31-18-30-23)35(17-26(22)5-2-6-26)21-14-20(15-28)4-9-29-21/h4,9,14,18-19H,2-3,5-8,10-13,16-17H2,1H3. The lowest BCUT2D eigenvalue weighted by Gasteiger charge is -2.46. The molecule has 0 aromatic carbocycles. The number of hydrogen-bond acceptors (Lipinski definition) is 8. The van der Waals surface area contributed by atoms with Crippen LogP contribution in [0.3, 0.4) is 0 Å². The highest BCUT2D eigenvalue weighted by molar-refractivity contribution is 5.90. The fraction of sp³-hybridized carbons (Fsp3) is 0.593. The van der Waals surface area contributed by atoms with Gasteiger partial charge in [-0.05, 0) is 51.2 Å². The number of likely N-dealkylation sites (tertiary alicyclic amines) is 1. The molecule has 1 amide bonds. The van der Waals surface area contributed by atoms with E-state index in [4.69, 9.17) is 9.97 Å². The minimum atomic E-state index is -0.202. The van der Waals surface area contributed by atoms with E-state index in [0.717, 1.165) is 82.4 Å². The molecule has 0 bridgehead atoms. The number of hydrogen-bond donors (Lipinski definition) is 0. The van der Waals surface area contributed by atoms with Gasteiger partial charge in [0.05, 0.1) is 11.6 Å². The van der Waals surface area contributed by atoms with E-state index in [9.17, 15) is 10.1 Å². The number of carbonyl (C=O) groups excluding carboxylic acids is 1. The molecule has 2 aliphatic carbocycles. The van der Waals surface area contributed by atoms with Crippen molar-refractivity contribution in [2.75, 3.05) is 49.1 Å². The van der Waals surface area contributed by atoms with E-state index >= 15 is 0 Å². The van der Waals surface area contributed by atoms with Gasteiger partial charge in [0.1, 0.15) is 29.3 Å². The van der Waals surface area contributed by atoms with Gasteiger partial charge < -0.3 is 14.7 Å². The van der Waals surface area contributed by atoms with Crippen molar-refractivity contribution in [3.05, 3.63) is 35.8 Å². The smallest absolute Gasteiger partial charge is 0.243 e. The normalized spacial score (nSPS) is 25.7. The molecule has 2 saturated carbocycles. The van der Waals surface area contributed by atoms with Gasteiger partial charge in [-0.3, -0.25) is 9.69 Å². The predicted octanol–water partition coefficient (Wildman–Crippen LogP) is 2.59. The lowest BCUT2D eigenvalue weighted by atomic mass is 9.66. The van der Waals surface area contributed by atoms with Crippen molar-refractivity contribution in [2.45, 2.75) is 62.4 Å². The average Bonchev–Trinajstić information content (AvgIpc) is 3.54. The number of nitrogens with zero attached hydrogens (tertiary/aromatic N) is 8. The van der Waals surface area contributed by atoms with Crippen LogP contribution in [0.4, 0.5) is 17.5 Å². The summed E-state index contributed by atoms with van der Waals surface area (Å²) in [7, 11) is 0. The van der Waals surface area contributed by atoms with Crippen molar-refractivity contribution in [3.8, 4) is 6.07 Å². The molecule has 36 heavy (non-hydrogen) atoms. The van der Waals surface area contributed by atoms with Gasteiger partial charge in [-0.2, -0.15) is 5.26 Å². The Labute approximate surface area is 211 Å². The van der Waals surface area contributed by atoms with Crippen molar-refractivity contribution >= 4 is 23.4 Å². The summed E-state index contributed by atoms with van der Waals surface area (Å²) in [6.07, 6.45) is 10.0. The van der Waals surface area contributed by atoms with Crippen LogP contribution >= 0.6 is 0 Å². The van der Waals surface area contributed by atoms with E-state index in [2.05, 4.69) is 37.6 Å². The minimum Gasteiger partial charge on any atom is -0.352 e. The summed E-state index contributed by atoms with van der Waals surface area (Å²) in [5.41, 5.74) is 1.66. The van der Waals surface area contributed by atoms with E-state index in [1.807, 2.05) is 6.07 Å². The predicted molar refractivity (Wildman–Crippen MR) is 135 cm³/mol. The Hall–Kier alpha value is -3.25. The first-order valence-corrected chi connectivity index (χ1v) is 13.3. The topological polar surface area (TPSA) is 92.5 Å². The van der Waals surface area contributed by atoms with Crippen molar-refractivity contribution in [1.29, 1.82) is 5.26 Å². The molecule has 1 spiro atoms. The molecule has 0 N–H and O–H groups in total. The quantitative estimate of drug-likeness (QED) is 0.654. The fourth-order valence-electron chi connectivity index (χ4n) is 6.83. The Balaban J connectivity index is 1.17. The van der Waals surface area contributed by atoms with E-state index in [-0.39, 0.29) is 17.0 Å². The highest BCUT2D eigenvalue weighted by Gasteiger charge is 2.58. The number of fused-ring (bicyclic) bond motifs is 2. The van der Waals surface area contributed by atoms with Crippen LogP contribution in [0.2, 0.25) is 0 Å². The molecule has 5 aliphatic rings. The highest BCUT2D eigenvalue weighted by atomic mass is 16.2. The molecule has 2 saturated heterocycles. The first-order chi connectivity index (χ1) is 17.5. The summed E-state index contributed by atoms with van der Waals surface area (Å²) in [4.78, 5) is 36.8. The number of carbonyl (C=O) groups is 1. The monoisotopic (exact) mass is 484 g/mol. The molecule has 3 aliphatic heterocycles. The molecule has 1 atom stereocenters. The minimum absolute atomic E-state index is 0.0298. The zero-order valence-electron chi connectivity index (χ0n) is 20.9. The third-order valence-electron chi connectivity index (χ3n) is 9.29. The van der Waals surface area contributed by atoms with Crippen LogP contribution < -0.4 is 9.80 Å². The average molecular weight is 485 g/mol. The van der Waals surface area contributed by atoms with Crippen molar-refractivity contribution in [1.82, 2.24) is 24.8 Å². The van der Waals surface area contributed by atoms with Crippen LogP contribution in [0, 0.1) is 11.3 Å². The number of rotatable bonds is 4. The van der Waals surface area contributed by atoms with Crippen LogP contribution in [0.5, 0.6) is 0 Å². The molecule has 186 valence electrons. The molecule has 1 unspecified atom stereocenters. The largest absolute Gasteiger partial charge is 0.352 e. The summed E-state index contributed by atoms with van der Waals surface area (Å²) in [6.45, 7) is 7.44. The fourth-order valence-corrected chi connectivity index (χ4v) is 6.83. The van der Waals surface area contributed by atoms with Crippen molar-refractivity contribution < 1.29 is 4.79 Å². The third-order valence-corrected chi connectivity index (χ3v) is 9.29. The zero-order chi connectivity index (χ0) is 24.5. The van der Waals surface area contributed by atoms with Gasteiger partial charge in [0.2, 0.25) is 5.91 Å². The second-order valence-corrected chi connectivity index (χ2v) is 11.3. The van der Waals surface area contributed by atoms with Crippen LogP contribution in [-0.2, 0) is 10.2 Å². The Bertz CT molecular complexity index is 1260. The van der Waals surface area contributed by atoms with E-state index in [0.29, 0.717) is 11.5 Å². The maximum Gasteiger partial charge on any atom is 0.243 e. The molecule has 9 heteroatoms. The zero-order valence-corrected chi connectivity index (χ0v) is 20.9. The number of piperazine rings is 1. The van der Waals surface area contributed by atoms with Gasteiger partial charge in [-0.15, -0.1) is 0 Å². The van der Waals surface area contributed by atoms with Crippen LogP contribution in [0.1, 0.15) is 56.6 Å². The summed E-state index contributed by atoms with van der Waals surface area (Å²) >= 11 is 0. The lowest BCUT2D eigenvalue weighted by Crippen LogP contribution is -2.62. The molecule has 9 nitrogen and oxygen atoms in total. The van der Waals surface area contributed by atoms with Gasteiger partial charge in [0.25, 0.3) is 0 Å². The van der Waals surface area contributed by atoms with Crippen molar-refractivity contribution in [3.63, 3.8) is 0 Å². The Kier molecular flexibility index (Phi) is 4.81. The summed E-state index contributed by atoms with van der Waals surface area (Å²) < 4.78 is 0. The Morgan fingerprint density at radius 2 is 1.86 bits per heavy atom. The number of nitriles is 1. The summed E-state index contributed by atoms with van der Waals surface area (Å²) in [5, 5.41) is 9.40. The Morgan fingerprint density at radius 1 is 1.06 bits per heavy atom. The number of amides is 1. The number of pyridine rings is 1. The van der Waals surface area contributed by atoms with E-state index in [1.54, 1.807) is 18.6 Å². The van der Waals surface area contributed by atoms with Gasteiger partial charge in [-0.25, -0.2) is 15.0 Å². The molecule has 5 heterocycles. The van der Waals surface area contributed by atoms with E-state index < -0.39 is 0 Å². The molecule has 0 radical (unpaired) electrons. The molecular formula is C27H32N8O. The van der Waals surface area contributed by atoms with Crippen LogP contribution in [0.15, 0.2) is 24.7 Å². The molecule has 2 aromatic heterocycles. The molecular weight excluding hydrogens is 452 g/mol. The second-order valence-electron chi connectivity index (χ2n) is 11.3. The summed E-state index contributed by atoms with van der Waals surface area (Å²) in [5.74, 6) is 3.05. The second kappa shape index (κ2) is 7.87. The van der Waals surface area contributed by atoms with Gasteiger partial charge >= 0.3 is 0 Å². The van der Waals surface area contributed by atoms with E-state index in [1.165, 1.54) is 18.4 Å². The maximum absolute atomic E-state index is 13.6. The van der Waals surface area contributed by atoms with Gasteiger partial charge in [-0.1, -0.05) is 6.42 Å². The molecule has 7 rings (SSSR count). The summed E-state index contributed by atoms with van der Waals surface area (Å²) in [6, 6.07) is 5.96. The van der Waals surface area contributed by atoms with Gasteiger partial charge in [0.15, 0.2) is 0 Å². The highest BCUT2D eigenvalue weighted by Crippen LogP contribution is 2.56.